The van der Waals surface area contributed by atoms with Crippen molar-refractivity contribution in [2.24, 2.45) is 0 Å². The number of nitrogens with zero attached hydrogens (tertiary/aromatic N) is 4. The molecule has 1 unspecified atom stereocenters. The zero-order chi connectivity index (χ0) is 29.8. The van der Waals surface area contributed by atoms with Crippen molar-refractivity contribution < 1.29 is 31.4 Å². The first-order valence-corrected chi connectivity index (χ1v) is 14.5. The summed E-state index contributed by atoms with van der Waals surface area (Å²) in [7, 11) is 0. The van der Waals surface area contributed by atoms with Crippen LogP contribution >= 0.6 is 27.5 Å². The largest absolute Gasteiger partial charge is 0.472 e. The van der Waals surface area contributed by atoms with Gasteiger partial charge in [-0.15, -0.1) is 0 Å². The third-order valence-electron chi connectivity index (χ3n) is 7.79. The van der Waals surface area contributed by atoms with Crippen molar-refractivity contribution in [1.82, 2.24) is 19.4 Å². The Morgan fingerprint density at radius 1 is 1.17 bits per heavy atom. The van der Waals surface area contributed by atoms with E-state index in [9.17, 15) is 17.6 Å². The number of alkyl halides is 3. The first kappa shape index (κ1) is 29.3. The quantitative estimate of drug-likeness (QED) is 0.189. The van der Waals surface area contributed by atoms with Gasteiger partial charge in [-0.25, -0.2) is 18.7 Å². The van der Waals surface area contributed by atoms with Gasteiger partial charge in [-0.1, -0.05) is 17.7 Å². The van der Waals surface area contributed by atoms with Crippen LogP contribution in [0.4, 0.5) is 22.0 Å². The summed E-state index contributed by atoms with van der Waals surface area (Å²) in [5, 5.41) is 0.164. The van der Waals surface area contributed by atoms with Crippen LogP contribution in [0.2, 0.25) is 5.02 Å². The van der Waals surface area contributed by atoms with Gasteiger partial charge in [-0.05, 0) is 71.6 Å². The monoisotopic (exact) mass is 670 g/mol. The predicted molar refractivity (Wildman–Crippen MR) is 149 cm³/mol. The van der Waals surface area contributed by atoms with Gasteiger partial charge in [-0.2, -0.15) is 13.2 Å². The Morgan fingerprint density at radius 3 is 2.64 bits per heavy atom. The minimum atomic E-state index is -4.72. The molecule has 0 bridgehead atoms. The number of hydrogen-bond acceptors (Lipinski definition) is 5. The Hall–Kier alpha value is -2.80. The van der Waals surface area contributed by atoms with E-state index >= 15 is 4.39 Å². The molecule has 4 heterocycles. The zero-order valence-electron chi connectivity index (χ0n) is 22.3. The van der Waals surface area contributed by atoms with Gasteiger partial charge < -0.3 is 14.0 Å². The number of ether oxygens (including phenoxy) is 2. The summed E-state index contributed by atoms with van der Waals surface area (Å²) in [4.78, 5) is 11.1. The predicted octanol–water partition coefficient (Wildman–Crippen LogP) is 7.63. The van der Waals surface area contributed by atoms with Gasteiger partial charge in [0.1, 0.15) is 29.3 Å². The van der Waals surface area contributed by atoms with Crippen molar-refractivity contribution in [2.45, 2.75) is 57.8 Å². The molecule has 0 aliphatic carbocycles. The highest BCUT2D eigenvalue weighted by Gasteiger charge is 2.38. The smallest absolute Gasteiger partial charge is 0.421 e. The first-order valence-electron chi connectivity index (χ1n) is 13.4. The van der Waals surface area contributed by atoms with Gasteiger partial charge in [0.2, 0.25) is 5.88 Å². The molecule has 0 spiro atoms. The van der Waals surface area contributed by atoms with Crippen LogP contribution in [0.5, 0.6) is 5.88 Å². The van der Waals surface area contributed by atoms with Crippen molar-refractivity contribution in [3.8, 4) is 5.88 Å². The van der Waals surface area contributed by atoms with Crippen LogP contribution in [0, 0.1) is 11.6 Å². The average molecular weight is 672 g/mol. The van der Waals surface area contributed by atoms with Gasteiger partial charge in [0.05, 0.1) is 34.4 Å². The van der Waals surface area contributed by atoms with Crippen LogP contribution in [0.25, 0.3) is 11.0 Å². The topological polar surface area (TPSA) is 52.4 Å². The number of fused-ring (bicyclic) bond motifs is 2. The molecule has 1 fully saturated rings. The normalized spacial score (nSPS) is 18.1. The number of hydrogen-bond donors (Lipinski definition) is 0. The SMILES string of the molecule is CC(c1nc2ccc(Br)c(F)c2n1C[C@@H]1CCO1)N1CCc2cc(C(F)(F)F)c(OCc3ccc(Cl)cc3F)nc2C1. The molecule has 2 atom stereocenters. The summed E-state index contributed by atoms with van der Waals surface area (Å²) < 4.78 is 84.7. The zero-order valence-corrected chi connectivity index (χ0v) is 24.7. The lowest BCUT2D eigenvalue weighted by atomic mass is 10.0. The van der Waals surface area contributed by atoms with Crippen molar-refractivity contribution in [3.63, 3.8) is 0 Å². The van der Waals surface area contributed by atoms with Gasteiger partial charge in [-0.3, -0.25) is 4.90 Å². The number of rotatable bonds is 7. The second-order valence-corrected chi connectivity index (χ2v) is 11.7. The fourth-order valence-corrected chi connectivity index (χ4v) is 5.84. The molecular formula is C29H25BrClF5N4O2. The molecule has 1 saturated heterocycles. The Labute approximate surface area is 251 Å². The molecule has 2 aromatic carbocycles. The number of pyridine rings is 1. The van der Waals surface area contributed by atoms with E-state index in [4.69, 9.17) is 26.1 Å². The maximum Gasteiger partial charge on any atom is 0.421 e. The summed E-state index contributed by atoms with van der Waals surface area (Å²) in [6.45, 7) is 3.22. The molecule has 2 aliphatic rings. The van der Waals surface area contributed by atoms with Crippen LogP contribution in [0.3, 0.4) is 0 Å². The Kier molecular flexibility index (Phi) is 7.92. The summed E-state index contributed by atoms with van der Waals surface area (Å²) in [5.74, 6) is -1.09. The number of halogens is 7. The third-order valence-corrected chi connectivity index (χ3v) is 8.64. The average Bonchev–Trinajstić information content (AvgIpc) is 3.29. The number of benzene rings is 2. The maximum atomic E-state index is 15.3. The summed E-state index contributed by atoms with van der Waals surface area (Å²) >= 11 is 9.05. The fraction of sp³-hybridized carbons (Fsp3) is 0.379. The molecular weight excluding hydrogens is 647 g/mol. The molecule has 6 rings (SSSR count). The van der Waals surface area contributed by atoms with Crippen molar-refractivity contribution in [3.05, 3.63) is 85.7 Å². The highest BCUT2D eigenvalue weighted by molar-refractivity contribution is 9.10. The first-order chi connectivity index (χ1) is 20.0. The second-order valence-electron chi connectivity index (χ2n) is 10.5. The van der Waals surface area contributed by atoms with E-state index in [2.05, 4.69) is 20.9 Å². The maximum absolute atomic E-state index is 15.3. The molecule has 6 nitrogen and oxygen atoms in total. The summed E-state index contributed by atoms with van der Waals surface area (Å²) in [6.07, 6.45) is -3.60. The molecule has 0 radical (unpaired) electrons. The summed E-state index contributed by atoms with van der Waals surface area (Å²) in [6, 6.07) is 7.96. The number of aromatic nitrogens is 3. The lowest BCUT2D eigenvalue weighted by Gasteiger charge is -2.34. The molecule has 42 heavy (non-hydrogen) atoms. The van der Waals surface area contributed by atoms with Gasteiger partial charge >= 0.3 is 6.18 Å². The highest BCUT2D eigenvalue weighted by atomic mass is 79.9. The van der Waals surface area contributed by atoms with Gasteiger partial charge in [0, 0.05) is 30.3 Å². The Balaban J connectivity index is 1.31. The van der Waals surface area contributed by atoms with Gasteiger partial charge in [0.25, 0.3) is 0 Å². The number of imidazole rings is 1. The fourth-order valence-electron chi connectivity index (χ4n) is 5.37. The second kappa shape index (κ2) is 11.4. The van der Waals surface area contributed by atoms with E-state index in [1.807, 2.05) is 16.4 Å². The standard InChI is InChI=1S/C29H25BrClF5N4O2/c1-15(27-37-23-5-4-21(30)25(33)26(23)40(27)12-19-7-9-41-19)39-8-6-16-10-20(29(34,35)36)28(38-24(16)13-39)42-14-17-2-3-18(31)11-22(17)32/h2-5,10-11,15,19H,6-9,12-14H2,1H3/t15?,19-/m0/s1. The highest BCUT2D eigenvalue weighted by Crippen LogP contribution is 2.39. The van der Waals surface area contributed by atoms with Crippen LogP contribution < -0.4 is 4.74 Å². The van der Waals surface area contributed by atoms with Crippen LogP contribution in [-0.4, -0.2) is 38.7 Å². The van der Waals surface area contributed by atoms with Gasteiger partial charge in [0.15, 0.2) is 5.82 Å². The van der Waals surface area contributed by atoms with Crippen LogP contribution in [0.1, 0.15) is 47.6 Å². The molecule has 0 saturated carbocycles. The van der Waals surface area contributed by atoms with E-state index in [1.165, 1.54) is 12.1 Å². The molecule has 222 valence electrons. The molecule has 0 amide bonds. The molecule has 13 heteroatoms. The van der Waals surface area contributed by atoms with Crippen molar-refractivity contribution >= 4 is 38.6 Å². The Morgan fingerprint density at radius 2 is 1.95 bits per heavy atom. The molecule has 0 N–H and O–H groups in total. The molecule has 2 aromatic heterocycles. The van der Waals surface area contributed by atoms with Crippen LogP contribution in [-0.2, 0) is 37.0 Å². The van der Waals surface area contributed by atoms with Crippen LogP contribution in [0.15, 0.2) is 40.9 Å². The lowest BCUT2D eigenvalue weighted by Crippen LogP contribution is -2.36. The van der Waals surface area contributed by atoms with E-state index in [0.717, 1.165) is 18.6 Å². The van der Waals surface area contributed by atoms with Crippen molar-refractivity contribution in [1.29, 1.82) is 0 Å². The van der Waals surface area contributed by atoms with E-state index in [1.54, 1.807) is 12.1 Å². The third kappa shape index (κ3) is 5.61. The minimum Gasteiger partial charge on any atom is -0.472 e. The lowest BCUT2D eigenvalue weighted by molar-refractivity contribution is -0.139. The van der Waals surface area contributed by atoms with E-state index < -0.39 is 35.9 Å². The Bertz CT molecular complexity index is 1660. The van der Waals surface area contributed by atoms with Crippen molar-refractivity contribution in [2.75, 3.05) is 13.2 Å². The molecule has 4 aromatic rings. The van der Waals surface area contributed by atoms with E-state index in [0.29, 0.717) is 58.7 Å². The summed E-state index contributed by atoms with van der Waals surface area (Å²) in [5.41, 5.74) is 0.800. The minimum absolute atomic E-state index is 0.0514. The van der Waals surface area contributed by atoms with E-state index in [-0.39, 0.29) is 29.3 Å². The molecule has 2 aliphatic heterocycles.